The standard InChI is InChI=1S/C27H34N2O2S/c30-25(28-18-23(24-7-4-12-32-24)29-8-10-31-11-9-29)27-16-20-13-21(17-27)15-26(14-20,19-27)22-5-2-1-3-6-22/h1-7,12,20-21,23H,8-11,13-19H2,(H,28,30)/t20-,21+,23-,26?,27?/m0/s1. The van der Waals surface area contributed by atoms with E-state index in [1.165, 1.54) is 29.7 Å². The molecule has 1 N–H and O–H groups in total. The Hall–Kier alpha value is -1.69. The maximum Gasteiger partial charge on any atom is 0.226 e. The Kier molecular flexibility index (Phi) is 5.39. The Labute approximate surface area is 195 Å². The minimum absolute atomic E-state index is 0.176. The zero-order chi connectivity index (χ0) is 21.6. The molecule has 4 saturated carbocycles. The van der Waals surface area contributed by atoms with Gasteiger partial charge in [0.1, 0.15) is 0 Å². The Morgan fingerprint density at radius 2 is 1.81 bits per heavy atom. The largest absolute Gasteiger partial charge is 0.379 e. The Bertz CT molecular complexity index is 924. The predicted octanol–water partition coefficient (Wildman–Crippen LogP) is 4.78. The number of carbonyl (C=O) groups excluding carboxylic acids is 1. The number of rotatable bonds is 6. The highest BCUT2D eigenvalue weighted by molar-refractivity contribution is 7.10. The summed E-state index contributed by atoms with van der Waals surface area (Å²) in [4.78, 5) is 17.7. The molecular weight excluding hydrogens is 416 g/mol. The van der Waals surface area contributed by atoms with Gasteiger partial charge in [0.2, 0.25) is 5.91 Å². The summed E-state index contributed by atoms with van der Waals surface area (Å²) in [7, 11) is 0. The van der Waals surface area contributed by atoms with Gasteiger partial charge in [-0.3, -0.25) is 9.69 Å². The van der Waals surface area contributed by atoms with Gasteiger partial charge in [-0.25, -0.2) is 0 Å². The number of thiophene rings is 1. The van der Waals surface area contributed by atoms with Crippen LogP contribution in [0.3, 0.4) is 0 Å². The van der Waals surface area contributed by atoms with Crippen LogP contribution in [0.15, 0.2) is 47.8 Å². The number of ether oxygens (including phenoxy) is 1. The Morgan fingerprint density at radius 3 is 2.50 bits per heavy atom. The molecule has 2 heterocycles. The minimum Gasteiger partial charge on any atom is -0.379 e. The van der Waals surface area contributed by atoms with E-state index in [1.54, 1.807) is 11.3 Å². The lowest BCUT2D eigenvalue weighted by molar-refractivity contribution is -0.149. The average molecular weight is 451 g/mol. The van der Waals surface area contributed by atoms with Gasteiger partial charge in [-0.1, -0.05) is 36.4 Å². The van der Waals surface area contributed by atoms with Crippen LogP contribution in [0.1, 0.15) is 55.0 Å². The van der Waals surface area contributed by atoms with Crippen molar-refractivity contribution in [3.05, 3.63) is 58.3 Å². The molecule has 5 heteroatoms. The fourth-order valence-corrected chi connectivity index (χ4v) is 8.68. The number of hydrogen-bond acceptors (Lipinski definition) is 4. The van der Waals surface area contributed by atoms with Crippen LogP contribution in [0.4, 0.5) is 0 Å². The fourth-order valence-electron chi connectivity index (χ4n) is 7.81. The molecule has 1 aliphatic heterocycles. The molecule has 4 nitrogen and oxygen atoms in total. The molecule has 1 amide bonds. The second kappa shape index (κ2) is 8.27. The van der Waals surface area contributed by atoms with Crippen LogP contribution >= 0.6 is 11.3 Å². The van der Waals surface area contributed by atoms with Crippen molar-refractivity contribution in [1.29, 1.82) is 0 Å². The van der Waals surface area contributed by atoms with Gasteiger partial charge in [0.15, 0.2) is 0 Å². The second-order valence-electron chi connectivity index (χ2n) is 10.8. The van der Waals surface area contributed by atoms with E-state index in [0.717, 1.165) is 45.6 Å². The molecule has 5 aliphatic rings. The van der Waals surface area contributed by atoms with Gasteiger partial charge in [0.25, 0.3) is 0 Å². The SMILES string of the molecule is O=C(NC[C@@H](c1cccs1)N1CCOCC1)C12C[C@H]3C[C@@H](C1)CC(c1ccccc1)(C3)C2. The van der Waals surface area contributed by atoms with E-state index in [9.17, 15) is 4.79 Å². The zero-order valence-electron chi connectivity index (χ0n) is 18.8. The first-order valence-electron chi connectivity index (χ1n) is 12.3. The zero-order valence-corrected chi connectivity index (χ0v) is 19.6. The van der Waals surface area contributed by atoms with E-state index in [0.29, 0.717) is 24.3 Å². The number of hydrogen-bond donors (Lipinski definition) is 1. The summed E-state index contributed by atoms with van der Waals surface area (Å²) < 4.78 is 5.58. The number of benzene rings is 1. The Morgan fingerprint density at radius 1 is 1.06 bits per heavy atom. The summed E-state index contributed by atoms with van der Waals surface area (Å²) in [5.74, 6) is 1.73. The molecule has 4 bridgehead atoms. The topological polar surface area (TPSA) is 41.6 Å². The number of nitrogens with zero attached hydrogens (tertiary/aromatic N) is 1. The molecule has 2 aromatic rings. The van der Waals surface area contributed by atoms with Crippen molar-refractivity contribution < 1.29 is 9.53 Å². The quantitative estimate of drug-likeness (QED) is 0.689. The maximum atomic E-state index is 13.9. The van der Waals surface area contributed by atoms with Crippen molar-refractivity contribution in [2.75, 3.05) is 32.8 Å². The van der Waals surface area contributed by atoms with Crippen molar-refractivity contribution in [1.82, 2.24) is 10.2 Å². The molecule has 2 unspecified atom stereocenters. The fraction of sp³-hybridized carbons (Fsp3) is 0.593. The van der Waals surface area contributed by atoms with Crippen LogP contribution in [0.5, 0.6) is 0 Å². The molecule has 0 spiro atoms. The van der Waals surface area contributed by atoms with Gasteiger partial charge in [0, 0.05) is 24.5 Å². The van der Waals surface area contributed by atoms with E-state index >= 15 is 0 Å². The highest BCUT2D eigenvalue weighted by Gasteiger charge is 2.60. The summed E-state index contributed by atoms with van der Waals surface area (Å²) in [6.07, 6.45) is 7.08. The van der Waals surface area contributed by atoms with Gasteiger partial charge in [-0.15, -0.1) is 11.3 Å². The smallest absolute Gasteiger partial charge is 0.226 e. The highest BCUT2D eigenvalue weighted by atomic mass is 32.1. The lowest BCUT2D eigenvalue weighted by atomic mass is 9.42. The average Bonchev–Trinajstić information content (AvgIpc) is 3.34. The number of carbonyl (C=O) groups is 1. The van der Waals surface area contributed by atoms with E-state index < -0.39 is 0 Å². The molecule has 170 valence electrons. The molecule has 32 heavy (non-hydrogen) atoms. The van der Waals surface area contributed by atoms with Gasteiger partial charge < -0.3 is 10.1 Å². The summed E-state index contributed by atoms with van der Waals surface area (Å²) >= 11 is 1.80. The molecule has 7 rings (SSSR count). The summed E-state index contributed by atoms with van der Waals surface area (Å²) in [5.41, 5.74) is 1.50. The van der Waals surface area contributed by atoms with E-state index in [1.807, 2.05) is 0 Å². The third-order valence-corrected chi connectivity index (χ3v) is 9.72. The van der Waals surface area contributed by atoms with Crippen molar-refractivity contribution in [2.24, 2.45) is 17.3 Å². The molecule has 1 aromatic heterocycles. The highest BCUT2D eigenvalue weighted by Crippen LogP contribution is 2.65. The third-order valence-electron chi connectivity index (χ3n) is 8.74. The first-order chi connectivity index (χ1) is 15.7. The van der Waals surface area contributed by atoms with Crippen molar-refractivity contribution >= 4 is 17.2 Å². The summed E-state index contributed by atoms with van der Waals surface area (Å²) in [6, 6.07) is 15.7. The number of morpholine rings is 1. The monoisotopic (exact) mass is 450 g/mol. The second-order valence-corrected chi connectivity index (χ2v) is 11.8. The maximum absolute atomic E-state index is 13.9. The number of amides is 1. The van der Waals surface area contributed by atoms with Gasteiger partial charge in [-0.2, -0.15) is 0 Å². The predicted molar refractivity (Wildman–Crippen MR) is 128 cm³/mol. The molecule has 1 saturated heterocycles. The van der Waals surface area contributed by atoms with Crippen molar-refractivity contribution in [2.45, 2.75) is 50.0 Å². The van der Waals surface area contributed by atoms with Crippen molar-refractivity contribution in [3.8, 4) is 0 Å². The van der Waals surface area contributed by atoms with Gasteiger partial charge in [0.05, 0.1) is 24.7 Å². The van der Waals surface area contributed by atoms with E-state index in [-0.39, 0.29) is 16.9 Å². The van der Waals surface area contributed by atoms with Crippen molar-refractivity contribution in [3.63, 3.8) is 0 Å². The van der Waals surface area contributed by atoms with Gasteiger partial charge >= 0.3 is 0 Å². The van der Waals surface area contributed by atoms with Gasteiger partial charge in [-0.05, 0) is 72.8 Å². The van der Waals surface area contributed by atoms with Crippen LogP contribution in [-0.4, -0.2) is 43.7 Å². The van der Waals surface area contributed by atoms with Crippen LogP contribution in [0.2, 0.25) is 0 Å². The summed E-state index contributed by atoms with van der Waals surface area (Å²) in [5, 5.41) is 5.63. The molecule has 0 radical (unpaired) electrons. The normalized spacial score (nSPS) is 35.0. The van der Waals surface area contributed by atoms with Crippen LogP contribution in [0.25, 0.3) is 0 Å². The summed E-state index contributed by atoms with van der Waals surface area (Å²) in [6.45, 7) is 4.13. The molecule has 4 aliphatic carbocycles. The minimum atomic E-state index is -0.176. The lowest BCUT2D eigenvalue weighted by Gasteiger charge is -2.61. The first kappa shape index (κ1) is 20.9. The molecular formula is C27H34N2O2S. The van der Waals surface area contributed by atoms with Crippen LogP contribution in [0, 0.1) is 17.3 Å². The van der Waals surface area contributed by atoms with E-state index in [2.05, 4.69) is 58.1 Å². The third kappa shape index (κ3) is 3.63. The molecule has 5 atom stereocenters. The molecule has 5 fully saturated rings. The first-order valence-corrected chi connectivity index (χ1v) is 13.2. The van der Waals surface area contributed by atoms with Crippen LogP contribution < -0.4 is 5.32 Å². The molecule has 1 aromatic carbocycles. The number of nitrogens with one attached hydrogen (secondary N) is 1. The van der Waals surface area contributed by atoms with Crippen LogP contribution in [-0.2, 0) is 14.9 Å². The lowest BCUT2D eigenvalue weighted by Crippen LogP contribution is -2.59. The Balaban J connectivity index is 1.22. The van der Waals surface area contributed by atoms with E-state index in [4.69, 9.17) is 4.74 Å².